The van der Waals surface area contributed by atoms with E-state index >= 15 is 0 Å². The Kier molecular flexibility index (Phi) is 5.45. The summed E-state index contributed by atoms with van der Waals surface area (Å²) in [6.45, 7) is -0.392. The summed E-state index contributed by atoms with van der Waals surface area (Å²) >= 11 is 0. The van der Waals surface area contributed by atoms with Crippen molar-refractivity contribution in [2.45, 2.75) is 30.0 Å². The zero-order valence-corrected chi connectivity index (χ0v) is 13.4. The maximum atomic E-state index is 12.4. The third-order valence-corrected chi connectivity index (χ3v) is 4.66. The maximum Gasteiger partial charge on any atom is 0.401 e. The van der Waals surface area contributed by atoms with Crippen LogP contribution in [-0.2, 0) is 10.0 Å². The first kappa shape index (κ1) is 18.6. The van der Waals surface area contributed by atoms with E-state index in [-0.39, 0.29) is 29.7 Å². The smallest absolute Gasteiger partial charge is 0.380 e. The van der Waals surface area contributed by atoms with Gasteiger partial charge in [-0.25, -0.2) is 13.6 Å². The molecule has 11 heteroatoms. The van der Waals surface area contributed by atoms with Crippen LogP contribution in [-0.4, -0.2) is 45.2 Å². The molecule has 2 rings (SSSR count). The molecule has 24 heavy (non-hydrogen) atoms. The van der Waals surface area contributed by atoms with Gasteiger partial charge in [0.2, 0.25) is 10.0 Å². The van der Waals surface area contributed by atoms with Crippen LogP contribution in [0, 0.1) is 4.91 Å². The van der Waals surface area contributed by atoms with E-state index in [4.69, 9.17) is 5.14 Å². The highest BCUT2D eigenvalue weighted by Crippen LogP contribution is 2.30. The zero-order chi connectivity index (χ0) is 18.0. The van der Waals surface area contributed by atoms with Gasteiger partial charge < -0.3 is 5.32 Å². The number of primary sulfonamides is 1. The van der Waals surface area contributed by atoms with Crippen LogP contribution >= 0.6 is 0 Å². The van der Waals surface area contributed by atoms with Crippen molar-refractivity contribution in [2.75, 3.05) is 25.0 Å². The Morgan fingerprint density at radius 1 is 1.29 bits per heavy atom. The fraction of sp³-hybridized carbons (Fsp3) is 0.538. The molecule has 1 fully saturated rings. The number of hydrogen-bond donors (Lipinski definition) is 2. The Morgan fingerprint density at radius 2 is 1.92 bits per heavy atom. The zero-order valence-electron chi connectivity index (χ0n) is 12.6. The van der Waals surface area contributed by atoms with Crippen molar-refractivity contribution >= 4 is 21.4 Å². The molecule has 1 aromatic carbocycles. The van der Waals surface area contributed by atoms with Gasteiger partial charge in [0.1, 0.15) is 5.69 Å². The number of nitrogens with one attached hydrogen (secondary N) is 1. The number of sulfonamides is 1. The van der Waals surface area contributed by atoms with Gasteiger partial charge in [0, 0.05) is 19.1 Å². The number of alkyl halides is 3. The molecular formula is C13H17F3N4O3S. The van der Waals surface area contributed by atoms with Crippen LogP contribution in [0.25, 0.3) is 0 Å². The Bertz CT molecular complexity index is 701. The number of likely N-dealkylation sites (tertiary alicyclic amines) is 1. The molecule has 0 aliphatic carbocycles. The van der Waals surface area contributed by atoms with Gasteiger partial charge in [-0.1, -0.05) is 0 Å². The summed E-state index contributed by atoms with van der Waals surface area (Å²) in [5.74, 6) is 0. The number of hydrogen-bond acceptors (Lipinski definition) is 6. The number of rotatable bonds is 5. The van der Waals surface area contributed by atoms with Crippen molar-refractivity contribution in [3.05, 3.63) is 23.1 Å². The molecule has 1 aliphatic heterocycles. The van der Waals surface area contributed by atoms with Crippen LogP contribution in [0.1, 0.15) is 12.8 Å². The minimum Gasteiger partial charge on any atom is -0.380 e. The third-order valence-electron chi connectivity index (χ3n) is 3.75. The Morgan fingerprint density at radius 3 is 2.42 bits per heavy atom. The van der Waals surface area contributed by atoms with Gasteiger partial charge in [0.05, 0.1) is 17.1 Å². The van der Waals surface area contributed by atoms with E-state index in [1.54, 1.807) is 0 Å². The quantitative estimate of drug-likeness (QED) is 0.777. The SMILES string of the molecule is NS(=O)(=O)c1ccc(NC2CCN(CC(F)(F)F)CC2)c(N=O)c1. The molecule has 134 valence electrons. The van der Waals surface area contributed by atoms with Crippen LogP contribution in [0.5, 0.6) is 0 Å². The van der Waals surface area contributed by atoms with E-state index < -0.39 is 22.7 Å². The van der Waals surface area contributed by atoms with Gasteiger partial charge in [-0.3, -0.25) is 4.90 Å². The predicted octanol–water partition coefficient (Wildman–Crippen LogP) is 2.17. The molecule has 0 aromatic heterocycles. The summed E-state index contributed by atoms with van der Waals surface area (Å²) in [6, 6.07) is 3.54. The summed E-state index contributed by atoms with van der Waals surface area (Å²) in [5, 5.41) is 10.8. The number of anilines is 1. The Balaban J connectivity index is 2.01. The first-order chi connectivity index (χ1) is 11.1. The normalized spacial score (nSPS) is 17.7. The maximum absolute atomic E-state index is 12.4. The second kappa shape index (κ2) is 7.03. The molecule has 0 saturated carbocycles. The minimum absolute atomic E-state index is 0.112. The van der Waals surface area contributed by atoms with E-state index in [2.05, 4.69) is 10.5 Å². The van der Waals surface area contributed by atoms with Gasteiger partial charge in [-0.05, 0) is 36.2 Å². The number of piperidine rings is 1. The standard InChI is InChI=1S/C13H17F3N4O3S/c14-13(15,16)8-20-5-3-9(4-6-20)18-11-2-1-10(24(17,22)23)7-12(11)19-21/h1-2,7,9,18H,3-6,8H2,(H2,17,22,23). The summed E-state index contributed by atoms with van der Waals surface area (Å²) in [4.78, 5) is 12.0. The average Bonchev–Trinajstić information content (AvgIpc) is 2.47. The molecular weight excluding hydrogens is 349 g/mol. The average molecular weight is 366 g/mol. The van der Waals surface area contributed by atoms with Crippen LogP contribution < -0.4 is 10.5 Å². The molecule has 0 atom stereocenters. The lowest BCUT2D eigenvalue weighted by molar-refractivity contribution is -0.147. The second-order valence-electron chi connectivity index (χ2n) is 5.63. The third kappa shape index (κ3) is 5.14. The number of benzene rings is 1. The van der Waals surface area contributed by atoms with E-state index in [9.17, 15) is 26.5 Å². The topological polar surface area (TPSA) is 105 Å². The fourth-order valence-corrected chi connectivity index (χ4v) is 3.13. The van der Waals surface area contributed by atoms with Crippen molar-refractivity contribution in [3.63, 3.8) is 0 Å². The number of nitroso groups, excluding NO2 is 1. The summed E-state index contributed by atoms with van der Waals surface area (Å²) in [5.41, 5.74) is 0.214. The summed E-state index contributed by atoms with van der Waals surface area (Å²) in [7, 11) is -3.95. The highest BCUT2D eigenvalue weighted by molar-refractivity contribution is 7.89. The van der Waals surface area contributed by atoms with E-state index in [0.717, 1.165) is 6.07 Å². The molecule has 0 unspecified atom stereocenters. The lowest BCUT2D eigenvalue weighted by Crippen LogP contribution is -2.43. The minimum atomic E-state index is -4.22. The molecule has 1 saturated heterocycles. The van der Waals surface area contributed by atoms with E-state index in [0.29, 0.717) is 18.5 Å². The van der Waals surface area contributed by atoms with Crippen LogP contribution in [0.4, 0.5) is 24.5 Å². The highest BCUT2D eigenvalue weighted by atomic mass is 32.2. The molecule has 0 radical (unpaired) electrons. The van der Waals surface area contributed by atoms with Gasteiger partial charge >= 0.3 is 6.18 Å². The molecule has 1 aromatic rings. The summed E-state index contributed by atoms with van der Waals surface area (Å²) in [6.07, 6.45) is -3.30. The monoisotopic (exact) mass is 366 g/mol. The van der Waals surface area contributed by atoms with Crippen molar-refractivity contribution < 1.29 is 21.6 Å². The molecule has 1 aliphatic rings. The van der Waals surface area contributed by atoms with E-state index in [1.165, 1.54) is 17.0 Å². The van der Waals surface area contributed by atoms with Crippen molar-refractivity contribution in [1.29, 1.82) is 0 Å². The molecule has 7 nitrogen and oxygen atoms in total. The van der Waals surface area contributed by atoms with Crippen molar-refractivity contribution in [2.24, 2.45) is 10.3 Å². The van der Waals surface area contributed by atoms with Crippen LogP contribution in [0.15, 0.2) is 28.3 Å². The van der Waals surface area contributed by atoms with Gasteiger partial charge in [-0.2, -0.15) is 13.2 Å². The number of halogens is 3. The lowest BCUT2D eigenvalue weighted by atomic mass is 10.0. The van der Waals surface area contributed by atoms with Crippen LogP contribution in [0.3, 0.4) is 0 Å². The second-order valence-corrected chi connectivity index (χ2v) is 7.19. The number of nitrogens with two attached hydrogens (primary N) is 1. The van der Waals surface area contributed by atoms with Crippen molar-refractivity contribution in [1.82, 2.24) is 4.90 Å². The first-order valence-corrected chi connectivity index (χ1v) is 8.69. The van der Waals surface area contributed by atoms with E-state index in [1.807, 2.05) is 0 Å². The van der Waals surface area contributed by atoms with Crippen molar-refractivity contribution in [3.8, 4) is 0 Å². The molecule has 0 amide bonds. The van der Waals surface area contributed by atoms with Crippen LogP contribution in [0.2, 0.25) is 0 Å². The molecule has 3 N–H and O–H groups in total. The van der Waals surface area contributed by atoms with Gasteiger partial charge in [0.25, 0.3) is 0 Å². The fourth-order valence-electron chi connectivity index (χ4n) is 2.59. The van der Waals surface area contributed by atoms with Gasteiger partial charge in [-0.15, -0.1) is 4.91 Å². The summed E-state index contributed by atoms with van der Waals surface area (Å²) < 4.78 is 59.6. The number of nitrogens with zero attached hydrogens (tertiary/aromatic N) is 2. The first-order valence-electron chi connectivity index (χ1n) is 7.14. The largest absolute Gasteiger partial charge is 0.401 e. The molecule has 1 heterocycles. The predicted molar refractivity (Wildman–Crippen MR) is 82.4 cm³/mol. The lowest BCUT2D eigenvalue weighted by Gasteiger charge is -2.33. The van der Waals surface area contributed by atoms with Gasteiger partial charge in [0.15, 0.2) is 0 Å². The Hall–Kier alpha value is -1.72. The highest BCUT2D eigenvalue weighted by Gasteiger charge is 2.32. The Labute approximate surface area is 137 Å². The molecule has 0 bridgehead atoms. The molecule has 0 spiro atoms.